The van der Waals surface area contributed by atoms with Crippen LogP contribution in [-0.2, 0) is 26.2 Å². The number of para-hydroxylation sites is 1. The summed E-state index contributed by atoms with van der Waals surface area (Å²) in [5.41, 5.74) is 0.753. The SMILES string of the molecule is CCCNC(=O)[C@@H](C)N(Cc1ccc(OC)cc1)C(=O)CCCN(c1ccccc1F)S(C)(=O)=O. The zero-order chi connectivity index (χ0) is 26.0. The van der Waals surface area contributed by atoms with E-state index in [1.54, 1.807) is 32.2 Å². The van der Waals surface area contributed by atoms with Crippen LogP contribution >= 0.6 is 0 Å². The highest BCUT2D eigenvalue weighted by Gasteiger charge is 2.27. The number of rotatable bonds is 13. The summed E-state index contributed by atoms with van der Waals surface area (Å²) in [7, 11) is -2.20. The number of anilines is 1. The average molecular weight is 508 g/mol. The number of hydrogen-bond donors (Lipinski definition) is 1. The Labute approximate surface area is 207 Å². The van der Waals surface area contributed by atoms with Gasteiger partial charge < -0.3 is 15.0 Å². The molecule has 8 nitrogen and oxygen atoms in total. The summed E-state index contributed by atoms with van der Waals surface area (Å²) in [6.45, 7) is 4.23. The number of nitrogens with one attached hydrogen (secondary N) is 1. The van der Waals surface area contributed by atoms with Gasteiger partial charge in [0.25, 0.3) is 0 Å². The van der Waals surface area contributed by atoms with Crippen molar-refractivity contribution in [2.45, 2.75) is 45.7 Å². The van der Waals surface area contributed by atoms with Crippen molar-refractivity contribution in [3.63, 3.8) is 0 Å². The van der Waals surface area contributed by atoms with Crippen LogP contribution in [0.15, 0.2) is 48.5 Å². The second-order valence-corrected chi connectivity index (χ2v) is 10.1. The largest absolute Gasteiger partial charge is 0.497 e. The number of amides is 2. The summed E-state index contributed by atoms with van der Waals surface area (Å²) >= 11 is 0. The molecule has 0 aliphatic rings. The van der Waals surface area contributed by atoms with Crippen molar-refractivity contribution in [1.29, 1.82) is 0 Å². The van der Waals surface area contributed by atoms with E-state index in [0.29, 0.717) is 12.3 Å². The zero-order valence-electron chi connectivity index (χ0n) is 20.7. The molecule has 192 valence electrons. The average Bonchev–Trinajstić information content (AvgIpc) is 2.83. The van der Waals surface area contributed by atoms with Crippen LogP contribution in [0.3, 0.4) is 0 Å². The van der Waals surface area contributed by atoms with Crippen LogP contribution < -0.4 is 14.4 Å². The van der Waals surface area contributed by atoms with Crippen molar-refractivity contribution >= 4 is 27.5 Å². The molecule has 2 rings (SSSR count). The normalized spacial score (nSPS) is 12.0. The Bertz CT molecular complexity index is 1090. The Morgan fingerprint density at radius 2 is 1.77 bits per heavy atom. The number of halogens is 1. The monoisotopic (exact) mass is 507 g/mol. The van der Waals surface area contributed by atoms with Gasteiger partial charge in [0.15, 0.2) is 0 Å². The van der Waals surface area contributed by atoms with Gasteiger partial charge in [-0.05, 0) is 49.6 Å². The summed E-state index contributed by atoms with van der Waals surface area (Å²) in [5.74, 6) is -0.555. The molecule has 0 unspecified atom stereocenters. The highest BCUT2D eigenvalue weighted by Crippen LogP contribution is 2.22. The maximum atomic E-state index is 14.2. The van der Waals surface area contributed by atoms with E-state index in [0.717, 1.165) is 22.5 Å². The van der Waals surface area contributed by atoms with Gasteiger partial charge in [0.2, 0.25) is 21.8 Å². The van der Waals surface area contributed by atoms with Crippen molar-refractivity contribution in [2.24, 2.45) is 0 Å². The van der Waals surface area contributed by atoms with Gasteiger partial charge in [0, 0.05) is 26.1 Å². The molecule has 0 aliphatic heterocycles. The van der Waals surface area contributed by atoms with Crippen molar-refractivity contribution < 1.29 is 27.1 Å². The Kier molecular flexibility index (Phi) is 10.5. The quantitative estimate of drug-likeness (QED) is 0.449. The highest BCUT2D eigenvalue weighted by molar-refractivity contribution is 7.92. The molecule has 0 aliphatic carbocycles. The third-order valence-corrected chi connectivity index (χ3v) is 6.68. The van der Waals surface area contributed by atoms with Crippen molar-refractivity contribution in [3.8, 4) is 5.75 Å². The third kappa shape index (κ3) is 8.24. The van der Waals surface area contributed by atoms with Gasteiger partial charge in [-0.15, -0.1) is 0 Å². The number of methoxy groups -OCH3 is 1. The molecule has 0 heterocycles. The van der Waals surface area contributed by atoms with Crippen LogP contribution in [0.4, 0.5) is 10.1 Å². The van der Waals surface area contributed by atoms with Crippen molar-refractivity contribution in [2.75, 3.05) is 30.8 Å². The summed E-state index contributed by atoms with van der Waals surface area (Å²) in [5, 5.41) is 2.81. The lowest BCUT2D eigenvalue weighted by Gasteiger charge is -2.29. The lowest BCUT2D eigenvalue weighted by molar-refractivity contribution is -0.140. The second kappa shape index (κ2) is 13.1. The number of sulfonamides is 1. The topological polar surface area (TPSA) is 96.0 Å². The summed E-state index contributed by atoms with van der Waals surface area (Å²) in [6, 6.07) is 12.1. The Morgan fingerprint density at radius 3 is 2.34 bits per heavy atom. The molecule has 1 atom stereocenters. The lowest BCUT2D eigenvalue weighted by Crippen LogP contribution is -2.47. The maximum Gasteiger partial charge on any atom is 0.242 e. The fourth-order valence-corrected chi connectivity index (χ4v) is 4.51. The van der Waals surface area contributed by atoms with E-state index in [-0.39, 0.29) is 43.4 Å². The first-order valence-electron chi connectivity index (χ1n) is 11.5. The molecule has 0 bridgehead atoms. The lowest BCUT2D eigenvalue weighted by atomic mass is 10.1. The zero-order valence-corrected chi connectivity index (χ0v) is 21.5. The molecule has 1 N–H and O–H groups in total. The number of carbonyl (C=O) groups is 2. The molecule has 0 saturated carbocycles. The van der Waals surface area contributed by atoms with Gasteiger partial charge in [-0.3, -0.25) is 13.9 Å². The summed E-state index contributed by atoms with van der Waals surface area (Å²) < 4.78 is 44.9. The molecule has 0 radical (unpaired) electrons. The van der Waals surface area contributed by atoms with Gasteiger partial charge >= 0.3 is 0 Å². The van der Waals surface area contributed by atoms with Crippen LogP contribution in [0.1, 0.15) is 38.7 Å². The molecule has 35 heavy (non-hydrogen) atoms. The van der Waals surface area contributed by atoms with Gasteiger partial charge in [-0.2, -0.15) is 0 Å². The van der Waals surface area contributed by atoms with E-state index in [4.69, 9.17) is 4.74 Å². The molecule has 2 aromatic rings. The van der Waals surface area contributed by atoms with E-state index in [9.17, 15) is 22.4 Å². The van der Waals surface area contributed by atoms with Gasteiger partial charge in [0.1, 0.15) is 17.6 Å². The number of ether oxygens (including phenoxy) is 1. The smallest absolute Gasteiger partial charge is 0.242 e. The van der Waals surface area contributed by atoms with Crippen molar-refractivity contribution in [1.82, 2.24) is 10.2 Å². The van der Waals surface area contributed by atoms with E-state index >= 15 is 0 Å². The molecule has 0 spiro atoms. The molecule has 2 aromatic carbocycles. The van der Waals surface area contributed by atoms with Gasteiger partial charge in [0.05, 0.1) is 19.1 Å². The number of hydrogen-bond acceptors (Lipinski definition) is 5. The molecular weight excluding hydrogens is 473 g/mol. The minimum Gasteiger partial charge on any atom is -0.497 e. The molecule has 10 heteroatoms. The minimum atomic E-state index is -3.76. The van der Waals surface area contributed by atoms with Crippen LogP contribution in [0.2, 0.25) is 0 Å². The molecular formula is C25H34FN3O5S. The van der Waals surface area contributed by atoms with Crippen LogP contribution in [0.5, 0.6) is 5.75 Å². The Hall–Kier alpha value is -3.14. The Balaban J connectivity index is 2.16. The predicted octanol–water partition coefficient (Wildman–Crippen LogP) is 3.32. The van der Waals surface area contributed by atoms with E-state index in [2.05, 4.69) is 5.32 Å². The first kappa shape index (κ1) is 28.1. The molecule has 0 aromatic heterocycles. The standard InChI is InChI=1S/C25H34FN3O5S/c1-5-16-27-25(31)19(2)28(18-20-12-14-21(34-3)15-13-20)24(30)11-8-17-29(35(4,32)33)23-10-7-6-9-22(23)26/h6-7,9-10,12-15,19H,5,8,11,16-18H2,1-4H3,(H,27,31)/t19-/m1/s1. The summed E-state index contributed by atoms with van der Waals surface area (Å²) in [6.07, 6.45) is 1.91. The van der Waals surface area contributed by atoms with E-state index < -0.39 is 21.9 Å². The number of benzene rings is 2. The van der Waals surface area contributed by atoms with E-state index in [1.807, 2.05) is 19.1 Å². The predicted molar refractivity (Wildman–Crippen MR) is 134 cm³/mol. The van der Waals surface area contributed by atoms with Gasteiger partial charge in [-0.1, -0.05) is 31.2 Å². The molecule has 2 amide bonds. The fourth-order valence-electron chi connectivity index (χ4n) is 3.54. The molecule has 0 fully saturated rings. The number of nitrogens with zero attached hydrogens (tertiary/aromatic N) is 2. The third-order valence-electron chi connectivity index (χ3n) is 5.50. The summed E-state index contributed by atoms with van der Waals surface area (Å²) in [4.78, 5) is 27.3. The van der Waals surface area contributed by atoms with Gasteiger partial charge in [-0.25, -0.2) is 12.8 Å². The minimum absolute atomic E-state index is 0.0119. The van der Waals surface area contributed by atoms with Crippen LogP contribution in [-0.4, -0.2) is 57.6 Å². The molecule has 0 saturated heterocycles. The van der Waals surface area contributed by atoms with Crippen LogP contribution in [0.25, 0.3) is 0 Å². The first-order valence-corrected chi connectivity index (χ1v) is 13.4. The second-order valence-electron chi connectivity index (χ2n) is 8.23. The maximum absolute atomic E-state index is 14.2. The first-order chi connectivity index (χ1) is 16.6. The highest BCUT2D eigenvalue weighted by atomic mass is 32.2. The van der Waals surface area contributed by atoms with Crippen molar-refractivity contribution in [3.05, 3.63) is 59.9 Å². The van der Waals surface area contributed by atoms with Crippen LogP contribution in [0, 0.1) is 5.82 Å². The van der Waals surface area contributed by atoms with E-state index in [1.165, 1.54) is 23.1 Å². The number of carbonyl (C=O) groups excluding carboxylic acids is 2. The fraction of sp³-hybridized carbons (Fsp3) is 0.440. The Morgan fingerprint density at radius 1 is 1.11 bits per heavy atom.